The van der Waals surface area contributed by atoms with Crippen LogP contribution in [-0.4, -0.2) is 34.8 Å². The summed E-state index contributed by atoms with van der Waals surface area (Å²) in [4.78, 5) is 52.1. The summed E-state index contributed by atoms with van der Waals surface area (Å²) in [5.41, 5.74) is -0.0710. The number of phenols is 1. The van der Waals surface area contributed by atoms with Crippen molar-refractivity contribution in [2.75, 3.05) is 23.7 Å². The van der Waals surface area contributed by atoms with Crippen LogP contribution in [0.25, 0.3) is 0 Å². The Bertz CT molecular complexity index is 1400. The number of carbonyl (C=O) groups excluding carboxylic acids is 2. The van der Waals surface area contributed by atoms with Crippen LogP contribution in [0.4, 0.5) is 17.1 Å². The molecule has 1 spiro atoms. The molecule has 1 saturated carbocycles. The van der Waals surface area contributed by atoms with Crippen molar-refractivity contribution in [1.82, 2.24) is 4.90 Å². The van der Waals surface area contributed by atoms with Crippen LogP contribution in [0.3, 0.4) is 0 Å². The lowest BCUT2D eigenvalue weighted by Crippen LogP contribution is -2.44. The molecular weight excluding hydrogens is 470 g/mol. The Kier molecular flexibility index (Phi) is 6.58. The quantitative estimate of drug-likeness (QED) is 0.327. The minimum Gasteiger partial charge on any atom is -0.505 e. The largest absolute Gasteiger partial charge is 0.505 e. The fourth-order valence-corrected chi connectivity index (χ4v) is 5.71. The van der Waals surface area contributed by atoms with E-state index in [4.69, 9.17) is 0 Å². The van der Waals surface area contributed by atoms with Crippen LogP contribution in [0, 0.1) is 5.41 Å². The third-order valence-electron chi connectivity index (χ3n) is 8.02. The molecule has 3 aromatic rings. The predicted octanol–water partition coefficient (Wildman–Crippen LogP) is 4.27. The van der Waals surface area contributed by atoms with E-state index in [0.717, 1.165) is 18.4 Å². The molecule has 0 radical (unpaired) electrons. The van der Waals surface area contributed by atoms with Gasteiger partial charge in [-0.3, -0.25) is 19.2 Å². The van der Waals surface area contributed by atoms with Crippen molar-refractivity contribution in [3.63, 3.8) is 0 Å². The second kappa shape index (κ2) is 9.84. The molecule has 1 unspecified atom stereocenters. The van der Waals surface area contributed by atoms with Crippen molar-refractivity contribution < 1.29 is 14.7 Å². The molecule has 1 saturated heterocycles. The number of anilines is 3. The van der Waals surface area contributed by atoms with E-state index < -0.39 is 10.9 Å². The Morgan fingerprint density at radius 3 is 2.32 bits per heavy atom. The summed E-state index contributed by atoms with van der Waals surface area (Å²) in [6.45, 7) is 2.91. The summed E-state index contributed by atoms with van der Waals surface area (Å²) in [6.07, 6.45) is 4.42. The molecule has 1 amide bonds. The summed E-state index contributed by atoms with van der Waals surface area (Å²) < 4.78 is 0. The molecule has 8 nitrogen and oxygen atoms in total. The molecular formula is C29H31N3O5. The summed E-state index contributed by atoms with van der Waals surface area (Å²) in [5, 5.41) is 17.0. The van der Waals surface area contributed by atoms with E-state index in [1.165, 1.54) is 6.07 Å². The van der Waals surface area contributed by atoms with Gasteiger partial charge in [0.25, 0.3) is 16.8 Å². The maximum Gasteiger partial charge on any atom is 0.257 e. The molecule has 0 bridgehead atoms. The lowest BCUT2D eigenvalue weighted by Gasteiger charge is -2.38. The monoisotopic (exact) mass is 501 g/mol. The molecule has 192 valence electrons. The van der Waals surface area contributed by atoms with Gasteiger partial charge in [-0.1, -0.05) is 43.3 Å². The number of nitrogens with one attached hydrogen (secondary N) is 2. The number of rotatable bonds is 7. The van der Waals surface area contributed by atoms with Crippen LogP contribution >= 0.6 is 0 Å². The number of hydrogen-bond donors (Lipinski definition) is 3. The number of benzene rings is 2. The lowest BCUT2D eigenvalue weighted by molar-refractivity contribution is -0.127. The number of carbonyl (C=O) groups is 2. The van der Waals surface area contributed by atoms with Crippen molar-refractivity contribution in [3.05, 3.63) is 80.1 Å². The Morgan fingerprint density at radius 1 is 0.973 bits per heavy atom. The fraction of sp³-hybridized carbons (Fsp3) is 0.379. The molecule has 1 heterocycles. The summed E-state index contributed by atoms with van der Waals surface area (Å²) in [5.74, 6) is -0.289. The molecule has 1 aliphatic carbocycles. The van der Waals surface area contributed by atoms with E-state index in [9.17, 15) is 24.3 Å². The van der Waals surface area contributed by atoms with E-state index in [0.29, 0.717) is 44.6 Å². The van der Waals surface area contributed by atoms with Crippen LogP contribution < -0.4 is 21.5 Å². The minimum absolute atomic E-state index is 0.0685. The van der Waals surface area contributed by atoms with Gasteiger partial charge in [-0.15, -0.1) is 0 Å². The maximum atomic E-state index is 13.3. The molecule has 3 N–H and O–H groups in total. The van der Waals surface area contributed by atoms with E-state index in [-0.39, 0.29) is 45.7 Å². The number of hydrogen-bond acceptors (Lipinski definition) is 7. The second-order valence-electron chi connectivity index (χ2n) is 10.1. The summed E-state index contributed by atoms with van der Waals surface area (Å²) in [6, 6.07) is 14.2. The van der Waals surface area contributed by atoms with Gasteiger partial charge in [0.05, 0.1) is 17.3 Å². The molecule has 5 rings (SSSR count). The highest BCUT2D eigenvalue weighted by Gasteiger charge is 2.44. The number of amides is 1. The Hall–Kier alpha value is -3.94. The standard InChI is InChI=1S/C29H31N3O5/c1-2-20(18-8-4-3-5-9-18)30-23-24(27(36)26(23)35)31-21-11-6-10-19(25(21)34)28(37)32-16-14-29(15-17-32)13-7-12-22(29)33/h3-6,8-11,20,30-31,34H,2,7,12-17H2,1H3. The highest BCUT2D eigenvalue weighted by molar-refractivity contribution is 5.99. The number of aromatic hydroxyl groups is 1. The van der Waals surface area contributed by atoms with Crippen molar-refractivity contribution in [2.45, 2.75) is 51.5 Å². The molecule has 1 atom stereocenters. The lowest BCUT2D eigenvalue weighted by atomic mass is 9.76. The normalized spacial score (nSPS) is 17.8. The molecule has 0 aromatic heterocycles. The third-order valence-corrected chi connectivity index (χ3v) is 8.02. The first-order valence-electron chi connectivity index (χ1n) is 12.9. The maximum absolute atomic E-state index is 13.3. The second-order valence-corrected chi connectivity index (χ2v) is 10.1. The topological polar surface area (TPSA) is 116 Å². The molecule has 3 aromatic carbocycles. The number of likely N-dealkylation sites (tertiary alicyclic amines) is 1. The van der Waals surface area contributed by atoms with Gasteiger partial charge in [0.1, 0.15) is 17.2 Å². The minimum atomic E-state index is -0.677. The van der Waals surface area contributed by atoms with E-state index in [1.54, 1.807) is 17.0 Å². The van der Waals surface area contributed by atoms with Gasteiger partial charge in [-0.05, 0) is 49.8 Å². The van der Waals surface area contributed by atoms with Crippen molar-refractivity contribution >= 4 is 28.8 Å². The predicted molar refractivity (Wildman–Crippen MR) is 142 cm³/mol. The van der Waals surface area contributed by atoms with Gasteiger partial charge in [-0.25, -0.2) is 0 Å². The molecule has 37 heavy (non-hydrogen) atoms. The smallest absolute Gasteiger partial charge is 0.257 e. The SMILES string of the molecule is CCC(Nc1c(Nc2cccc(C(=O)N3CCC4(CCCC4=O)CC3)c2O)c(=O)c1=O)c1ccccc1. The zero-order valence-corrected chi connectivity index (χ0v) is 20.9. The zero-order valence-electron chi connectivity index (χ0n) is 20.9. The first kappa shape index (κ1) is 24.7. The van der Waals surface area contributed by atoms with Gasteiger partial charge in [-0.2, -0.15) is 0 Å². The fourth-order valence-electron chi connectivity index (χ4n) is 5.71. The van der Waals surface area contributed by atoms with Crippen molar-refractivity contribution in [2.24, 2.45) is 5.41 Å². The van der Waals surface area contributed by atoms with E-state index >= 15 is 0 Å². The number of piperidine rings is 1. The van der Waals surface area contributed by atoms with E-state index in [2.05, 4.69) is 10.6 Å². The average molecular weight is 502 g/mol. The van der Waals surface area contributed by atoms with E-state index in [1.807, 2.05) is 37.3 Å². The Morgan fingerprint density at radius 2 is 1.68 bits per heavy atom. The number of phenolic OH excluding ortho intramolecular Hbond substituents is 1. The molecule has 8 heteroatoms. The van der Waals surface area contributed by atoms with Gasteiger partial charge in [0.2, 0.25) is 0 Å². The van der Waals surface area contributed by atoms with Crippen LogP contribution in [0.2, 0.25) is 0 Å². The van der Waals surface area contributed by atoms with Gasteiger partial charge in [0, 0.05) is 24.9 Å². The van der Waals surface area contributed by atoms with Crippen LogP contribution in [0.5, 0.6) is 5.75 Å². The molecule has 2 aliphatic rings. The number of Topliss-reactive ketones (excluding diaryl/α,β-unsaturated/α-hetero) is 1. The van der Waals surface area contributed by atoms with Crippen molar-refractivity contribution in [3.8, 4) is 5.75 Å². The number of para-hydroxylation sites is 1. The van der Waals surface area contributed by atoms with Crippen LogP contribution in [0.15, 0.2) is 58.1 Å². The highest BCUT2D eigenvalue weighted by atomic mass is 16.3. The third kappa shape index (κ3) is 4.41. The number of ketones is 1. The summed E-state index contributed by atoms with van der Waals surface area (Å²) >= 11 is 0. The average Bonchev–Trinajstić information content (AvgIpc) is 3.28. The molecule has 1 aliphatic heterocycles. The van der Waals surface area contributed by atoms with Crippen LogP contribution in [-0.2, 0) is 4.79 Å². The van der Waals surface area contributed by atoms with Gasteiger partial charge in [0.15, 0.2) is 5.75 Å². The Labute approximate surface area is 215 Å². The first-order chi connectivity index (χ1) is 17.8. The summed E-state index contributed by atoms with van der Waals surface area (Å²) in [7, 11) is 0. The van der Waals surface area contributed by atoms with Gasteiger partial charge < -0.3 is 20.6 Å². The Balaban J connectivity index is 1.33. The number of nitrogens with zero attached hydrogens (tertiary/aromatic N) is 1. The van der Waals surface area contributed by atoms with Crippen LogP contribution in [0.1, 0.15) is 67.4 Å². The van der Waals surface area contributed by atoms with Gasteiger partial charge >= 0.3 is 0 Å². The highest BCUT2D eigenvalue weighted by Crippen LogP contribution is 2.44. The zero-order chi connectivity index (χ0) is 26.2. The first-order valence-corrected chi connectivity index (χ1v) is 12.9. The van der Waals surface area contributed by atoms with Crippen molar-refractivity contribution in [1.29, 1.82) is 0 Å². The molecule has 2 fully saturated rings.